The summed E-state index contributed by atoms with van der Waals surface area (Å²) in [6.07, 6.45) is -1.29. The number of imide groups is 1. The van der Waals surface area contributed by atoms with Crippen molar-refractivity contribution in [3.05, 3.63) is 35.4 Å². The van der Waals surface area contributed by atoms with Crippen molar-refractivity contribution >= 4 is 17.9 Å². The number of carbonyl (C=O) groups excluding carboxylic acids is 2. The van der Waals surface area contributed by atoms with E-state index in [1.165, 1.54) is 19.1 Å². The zero-order valence-electron chi connectivity index (χ0n) is 12.9. The molecule has 128 valence electrons. The normalized spacial score (nSPS) is 25.8. The number of fused-ring (bicyclic) bond motifs is 1. The summed E-state index contributed by atoms with van der Waals surface area (Å²) in [5.74, 6) is -7.03. The molecule has 3 rings (SSSR count). The van der Waals surface area contributed by atoms with Crippen LogP contribution >= 0.6 is 0 Å². The van der Waals surface area contributed by atoms with Crippen molar-refractivity contribution < 1.29 is 28.3 Å². The molecular formula is C16H16F2N2O4. The van der Waals surface area contributed by atoms with E-state index in [1.54, 1.807) is 12.1 Å². The van der Waals surface area contributed by atoms with Gasteiger partial charge in [0.2, 0.25) is 0 Å². The van der Waals surface area contributed by atoms with E-state index >= 15 is 0 Å². The monoisotopic (exact) mass is 338 g/mol. The third-order valence-electron chi connectivity index (χ3n) is 4.69. The summed E-state index contributed by atoms with van der Waals surface area (Å²) in [5.41, 5.74) is 0.370. The second-order valence-corrected chi connectivity index (χ2v) is 6.23. The van der Waals surface area contributed by atoms with E-state index < -0.39 is 48.8 Å². The summed E-state index contributed by atoms with van der Waals surface area (Å²) < 4.78 is 28.9. The van der Waals surface area contributed by atoms with Gasteiger partial charge < -0.3 is 10.0 Å². The van der Waals surface area contributed by atoms with Gasteiger partial charge in [0.05, 0.1) is 17.0 Å². The Bertz CT molecular complexity index is 687. The van der Waals surface area contributed by atoms with Crippen molar-refractivity contribution in [2.75, 3.05) is 19.6 Å². The summed E-state index contributed by atoms with van der Waals surface area (Å²) in [5, 5.41) is 9.08. The molecule has 0 spiro atoms. The number of benzene rings is 1. The molecule has 3 amide bonds. The second kappa shape index (κ2) is 5.54. The zero-order valence-corrected chi connectivity index (χ0v) is 12.9. The molecule has 2 heterocycles. The van der Waals surface area contributed by atoms with E-state index in [4.69, 9.17) is 5.11 Å². The molecule has 0 saturated carbocycles. The van der Waals surface area contributed by atoms with Gasteiger partial charge in [-0.2, -0.15) is 0 Å². The summed E-state index contributed by atoms with van der Waals surface area (Å²) in [6.45, 7) is 0.0684. The van der Waals surface area contributed by atoms with Gasteiger partial charge in [0.15, 0.2) is 0 Å². The fourth-order valence-corrected chi connectivity index (χ4v) is 3.28. The number of alkyl halides is 2. The maximum atomic E-state index is 14.5. The van der Waals surface area contributed by atoms with Gasteiger partial charge in [-0.05, 0) is 12.1 Å². The van der Waals surface area contributed by atoms with Gasteiger partial charge in [0.25, 0.3) is 17.7 Å². The summed E-state index contributed by atoms with van der Waals surface area (Å²) in [6, 6.07) is 6.13. The number of rotatable bonds is 2. The van der Waals surface area contributed by atoms with Crippen molar-refractivity contribution in [1.29, 1.82) is 0 Å². The fraction of sp³-hybridized carbons (Fsp3) is 0.438. The van der Waals surface area contributed by atoms with E-state index in [0.717, 1.165) is 9.80 Å². The highest BCUT2D eigenvalue weighted by atomic mass is 19.3. The molecule has 24 heavy (non-hydrogen) atoms. The lowest BCUT2D eigenvalue weighted by atomic mass is 9.85. The molecule has 8 heteroatoms. The largest absolute Gasteiger partial charge is 0.465 e. The lowest BCUT2D eigenvalue weighted by molar-refractivity contribution is -0.141. The molecule has 1 saturated heterocycles. The van der Waals surface area contributed by atoms with Gasteiger partial charge in [-0.25, -0.2) is 13.6 Å². The SMILES string of the molecule is C[C@H]1CN(C(=O)O)C[C@@H](CN2C(=O)c3ccccc3C2=O)C1(F)F. The molecule has 1 aromatic rings. The molecule has 0 aromatic heterocycles. The Balaban J connectivity index is 1.86. The number of likely N-dealkylation sites (tertiary alicyclic amines) is 1. The van der Waals surface area contributed by atoms with Crippen LogP contribution in [0.25, 0.3) is 0 Å². The van der Waals surface area contributed by atoms with Crippen LogP contribution in [0.3, 0.4) is 0 Å². The van der Waals surface area contributed by atoms with Crippen molar-refractivity contribution in [2.24, 2.45) is 11.8 Å². The maximum Gasteiger partial charge on any atom is 0.407 e. The first-order chi connectivity index (χ1) is 11.2. The van der Waals surface area contributed by atoms with Crippen molar-refractivity contribution in [2.45, 2.75) is 12.8 Å². The van der Waals surface area contributed by atoms with Crippen LogP contribution in [0.1, 0.15) is 27.6 Å². The minimum Gasteiger partial charge on any atom is -0.465 e. The molecule has 0 bridgehead atoms. The Hall–Kier alpha value is -2.51. The number of nitrogens with zero attached hydrogens (tertiary/aromatic N) is 2. The Morgan fingerprint density at radius 3 is 2.25 bits per heavy atom. The van der Waals surface area contributed by atoms with E-state index in [2.05, 4.69) is 0 Å². The molecule has 0 radical (unpaired) electrons. The number of amides is 3. The average Bonchev–Trinajstić information content (AvgIpc) is 2.77. The van der Waals surface area contributed by atoms with Crippen LogP contribution in [0.15, 0.2) is 24.3 Å². The number of halogens is 2. The standard InChI is InChI=1S/C16H16F2N2O4/c1-9-6-19(15(23)24)7-10(16(9,17)18)8-20-13(21)11-4-2-3-5-12(11)14(20)22/h2-5,9-10H,6-8H2,1H3,(H,23,24)/t9-,10-/m0/s1. The average molecular weight is 338 g/mol. The smallest absolute Gasteiger partial charge is 0.407 e. The summed E-state index contributed by atoms with van der Waals surface area (Å²) in [7, 11) is 0. The molecule has 0 aliphatic carbocycles. The second-order valence-electron chi connectivity index (χ2n) is 6.23. The third-order valence-corrected chi connectivity index (χ3v) is 4.69. The maximum absolute atomic E-state index is 14.5. The molecule has 1 N–H and O–H groups in total. The highest BCUT2D eigenvalue weighted by molar-refractivity contribution is 6.21. The predicted octanol–water partition coefficient (Wildman–Crippen LogP) is 2.16. The lowest BCUT2D eigenvalue weighted by Gasteiger charge is -2.42. The Morgan fingerprint density at radius 2 is 1.75 bits per heavy atom. The van der Waals surface area contributed by atoms with Gasteiger partial charge in [0.1, 0.15) is 0 Å². The van der Waals surface area contributed by atoms with Crippen LogP contribution < -0.4 is 0 Å². The summed E-state index contributed by atoms with van der Waals surface area (Å²) >= 11 is 0. The van der Waals surface area contributed by atoms with Crippen LogP contribution in [0.2, 0.25) is 0 Å². The minimum atomic E-state index is -3.17. The van der Waals surface area contributed by atoms with Crippen LogP contribution in [0.5, 0.6) is 0 Å². The van der Waals surface area contributed by atoms with Gasteiger partial charge in [-0.15, -0.1) is 0 Å². The first-order valence-electron chi connectivity index (χ1n) is 7.54. The minimum absolute atomic E-state index is 0.185. The Labute approximate surface area is 136 Å². The van der Waals surface area contributed by atoms with Gasteiger partial charge in [-0.1, -0.05) is 19.1 Å². The summed E-state index contributed by atoms with van der Waals surface area (Å²) in [4.78, 5) is 37.5. The first-order valence-corrected chi connectivity index (χ1v) is 7.54. The van der Waals surface area contributed by atoms with Crippen LogP contribution in [0, 0.1) is 11.8 Å². The molecule has 6 nitrogen and oxygen atoms in total. The molecular weight excluding hydrogens is 322 g/mol. The number of hydrogen-bond donors (Lipinski definition) is 1. The van der Waals surface area contributed by atoms with Gasteiger partial charge in [-0.3, -0.25) is 14.5 Å². The number of hydrogen-bond acceptors (Lipinski definition) is 3. The van der Waals surface area contributed by atoms with Crippen LogP contribution in [-0.4, -0.2) is 58.4 Å². The molecule has 0 unspecified atom stereocenters. The quantitative estimate of drug-likeness (QED) is 0.838. The lowest BCUT2D eigenvalue weighted by Crippen LogP contribution is -2.57. The Kier molecular flexibility index (Phi) is 3.77. The van der Waals surface area contributed by atoms with E-state index in [1.807, 2.05) is 0 Å². The molecule has 2 atom stereocenters. The number of carbonyl (C=O) groups is 3. The topological polar surface area (TPSA) is 77.9 Å². The van der Waals surface area contributed by atoms with Crippen molar-refractivity contribution in [3.8, 4) is 0 Å². The third kappa shape index (κ3) is 2.42. The Morgan fingerprint density at radius 1 is 1.21 bits per heavy atom. The first kappa shape index (κ1) is 16.4. The predicted molar refractivity (Wildman–Crippen MR) is 79.0 cm³/mol. The van der Waals surface area contributed by atoms with E-state index in [9.17, 15) is 23.2 Å². The fourth-order valence-electron chi connectivity index (χ4n) is 3.28. The number of piperidine rings is 1. The number of carboxylic acid groups (broad SMARTS) is 1. The van der Waals surface area contributed by atoms with Crippen molar-refractivity contribution in [3.63, 3.8) is 0 Å². The van der Waals surface area contributed by atoms with Crippen molar-refractivity contribution in [1.82, 2.24) is 9.80 Å². The van der Waals surface area contributed by atoms with Crippen LogP contribution in [-0.2, 0) is 0 Å². The zero-order chi connectivity index (χ0) is 17.6. The van der Waals surface area contributed by atoms with E-state index in [0.29, 0.717) is 0 Å². The molecule has 1 aromatic carbocycles. The molecule has 2 aliphatic heterocycles. The molecule has 2 aliphatic rings. The highest BCUT2D eigenvalue weighted by Gasteiger charge is 2.52. The molecule has 1 fully saturated rings. The van der Waals surface area contributed by atoms with Gasteiger partial charge in [0, 0.05) is 25.6 Å². The van der Waals surface area contributed by atoms with E-state index in [-0.39, 0.29) is 17.7 Å². The highest BCUT2D eigenvalue weighted by Crippen LogP contribution is 2.39. The van der Waals surface area contributed by atoms with Gasteiger partial charge >= 0.3 is 6.09 Å². The van der Waals surface area contributed by atoms with Crippen LogP contribution in [0.4, 0.5) is 13.6 Å².